The Morgan fingerprint density at radius 1 is 1.35 bits per heavy atom. The smallest absolute Gasteiger partial charge is 0.150 e. The molecule has 0 N–H and O–H groups in total. The number of benzene rings is 1. The van der Waals surface area contributed by atoms with Crippen molar-refractivity contribution in [3.63, 3.8) is 0 Å². The Balaban J connectivity index is 2.15. The summed E-state index contributed by atoms with van der Waals surface area (Å²) in [5.41, 5.74) is 0.732. The number of ether oxygens (including phenoxy) is 1. The second-order valence-electron chi connectivity index (χ2n) is 4.33. The van der Waals surface area contributed by atoms with Crippen molar-refractivity contribution in [2.75, 3.05) is 19.0 Å². The Bertz CT molecular complexity index is 337. The summed E-state index contributed by atoms with van der Waals surface area (Å²) in [6, 6.07) is 7.65. The highest BCUT2D eigenvalue weighted by atomic mass is 32.2. The summed E-state index contributed by atoms with van der Waals surface area (Å²) in [7, 11) is 0. The van der Waals surface area contributed by atoms with Gasteiger partial charge in [-0.15, -0.1) is 11.8 Å². The van der Waals surface area contributed by atoms with Crippen molar-refractivity contribution in [1.29, 1.82) is 0 Å². The fraction of sp³-hybridized carbons (Fsp3) is 0.500. The predicted octanol–water partition coefficient (Wildman–Crippen LogP) is 3.65. The molecule has 0 spiro atoms. The van der Waals surface area contributed by atoms with Crippen LogP contribution in [0.1, 0.15) is 30.6 Å². The molecule has 0 fully saturated rings. The number of hydrogen-bond acceptors (Lipinski definition) is 3. The quantitative estimate of drug-likeness (QED) is 0.401. The lowest BCUT2D eigenvalue weighted by Crippen LogP contribution is -2.02. The Morgan fingerprint density at radius 3 is 2.88 bits per heavy atom. The molecular formula is C14H20O2S. The van der Waals surface area contributed by atoms with Crippen LogP contribution in [0.3, 0.4) is 0 Å². The van der Waals surface area contributed by atoms with Crippen molar-refractivity contribution in [2.24, 2.45) is 5.92 Å². The second kappa shape index (κ2) is 8.31. The molecule has 94 valence electrons. The van der Waals surface area contributed by atoms with E-state index in [1.165, 1.54) is 0 Å². The summed E-state index contributed by atoms with van der Waals surface area (Å²) >= 11 is 1.72. The van der Waals surface area contributed by atoms with Gasteiger partial charge in [-0.05, 0) is 24.5 Å². The molecule has 0 heterocycles. The van der Waals surface area contributed by atoms with E-state index in [9.17, 15) is 4.79 Å². The summed E-state index contributed by atoms with van der Waals surface area (Å²) in [6.45, 7) is 6.00. The molecule has 0 unspecified atom stereocenters. The second-order valence-corrected chi connectivity index (χ2v) is 5.50. The Kier molecular flexibility index (Phi) is 6.97. The van der Waals surface area contributed by atoms with Crippen LogP contribution in [-0.2, 0) is 4.74 Å². The number of rotatable bonds is 8. The zero-order valence-corrected chi connectivity index (χ0v) is 11.3. The standard InChI is InChI=1S/C14H20O2S/c1-12(2)6-7-16-8-9-17-14-5-3-4-13(10-14)11-15/h3-5,10-12H,6-9H2,1-2H3. The van der Waals surface area contributed by atoms with Crippen LogP contribution in [0, 0.1) is 5.92 Å². The van der Waals surface area contributed by atoms with E-state index in [1.54, 1.807) is 11.8 Å². The molecule has 0 aliphatic rings. The fourth-order valence-electron chi connectivity index (χ4n) is 1.32. The molecule has 0 amide bonds. The molecular weight excluding hydrogens is 232 g/mol. The molecule has 0 atom stereocenters. The van der Waals surface area contributed by atoms with E-state index in [2.05, 4.69) is 13.8 Å². The fourth-order valence-corrected chi connectivity index (χ4v) is 2.15. The first kappa shape index (κ1) is 14.3. The van der Waals surface area contributed by atoms with Gasteiger partial charge in [0.2, 0.25) is 0 Å². The van der Waals surface area contributed by atoms with Crippen LogP contribution in [0.25, 0.3) is 0 Å². The monoisotopic (exact) mass is 252 g/mol. The van der Waals surface area contributed by atoms with Crippen molar-refractivity contribution >= 4 is 18.0 Å². The highest BCUT2D eigenvalue weighted by Crippen LogP contribution is 2.18. The summed E-state index contributed by atoms with van der Waals surface area (Å²) in [5.74, 6) is 1.63. The van der Waals surface area contributed by atoms with Gasteiger partial charge in [0.15, 0.2) is 0 Å². The minimum absolute atomic E-state index is 0.701. The molecule has 1 rings (SSSR count). The Hall–Kier alpha value is -0.800. The van der Waals surface area contributed by atoms with Gasteiger partial charge in [0.25, 0.3) is 0 Å². The van der Waals surface area contributed by atoms with E-state index in [0.717, 1.165) is 42.1 Å². The highest BCUT2D eigenvalue weighted by Gasteiger charge is 1.97. The van der Waals surface area contributed by atoms with Crippen LogP contribution < -0.4 is 0 Å². The molecule has 0 saturated heterocycles. The number of thioether (sulfide) groups is 1. The van der Waals surface area contributed by atoms with E-state index >= 15 is 0 Å². The maximum Gasteiger partial charge on any atom is 0.150 e. The van der Waals surface area contributed by atoms with E-state index < -0.39 is 0 Å². The summed E-state index contributed by atoms with van der Waals surface area (Å²) < 4.78 is 5.53. The molecule has 2 nitrogen and oxygen atoms in total. The molecule has 0 bridgehead atoms. The average Bonchev–Trinajstić information content (AvgIpc) is 2.33. The molecule has 0 aliphatic carbocycles. The van der Waals surface area contributed by atoms with Crippen LogP contribution in [0.4, 0.5) is 0 Å². The third kappa shape index (κ3) is 6.49. The van der Waals surface area contributed by atoms with E-state index in [0.29, 0.717) is 5.92 Å². The molecule has 0 saturated carbocycles. The minimum atomic E-state index is 0.701. The predicted molar refractivity (Wildman–Crippen MR) is 72.8 cm³/mol. The van der Waals surface area contributed by atoms with E-state index in [1.807, 2.05) is 24.3 Å². The maximum atomic E-state index is 10.6. The lowest BCUT2D eigenvalue weighted by molar-refractivity contribution is 0.112. The van der Waals surface area contributed by atoms with Crippen molar-refractivity contribution in [2.45, 2.75) is 25.2 Å². The lowest BCUT2D eigenvalue weighted by Gasteiger charge is -2.06. The van der Waals surface area contributed by atoms with Crippen LogP contribution in [0.2, 0.25) is 0 Å². The van der Waals surface area contributed by atoms with Gasteiger partial charge in [-0.25, -0.2) is 0 Å². The number of aldehydes is 1. The third-order valence-electron chi connectivity index (χ3n) is 2.33. The zero-order chi connectivity index (χ0) is 12.5. The third-order valence-corrected chi connectivity index (χ3v) is 3.29. The highest BCUT2D eigenvalue weighted by molar-refractivity contribution is 7.99. The number of carbonyl (C=O) groups excluding carboxylic acids is 1. The minimum Gasteiger partial charge on any atom is -0.381 e. The van der Waals surface area contributed by atoms with Crippen LogP contribution >= 0.6 is 11.8 Å². The topological polar surface area (TPSA) is 26.3 Å². The van der Waals surface area contributed by atoms with Gasteiger partial charge >= 0.3 is 0 Å². The normalized spacial score (nSPS) is 10.8. The van der Waals surface area contributed by atoms with E-state index in [4.69, 9.17) is 4.74 Å². The number of hydrogen-bond donors (Lipinski definition) is 0. The largest absolute Gasteiger partial charge is 0.381 e. The summed E-state index contributed by atoms with van der Waals surface area (Å²) in [5, 5.41) is 0. The van der Waals surface area contributed by atoms with Gasteiger partial charge in [0.05, 0.1) is 6.61 Å². The Morgan fingerprint density at radius 2 is 2.18 bits per heavy atom. The lowest BCUT2D eigenvalue weighted by atomic mass is 10.1. The van der Waals surface area contributed by atoms with Crippen molar-refractivity contribution in [3.8, 4) is 0 Å². The van der Waals surface area contributed by atoms with E-state index in [-0.39, 0.29) is 0 Å². The molecule has 1 aromatic rings. The average molecular weight is 252 g/mol. The molecule has 3 heteroatoms. The summed E-state index contributed by atoms with van der Waals surface area (Å²) in [4.78, 5) is 11.7. The first-order valence-corrected chi connectivity index (χ1v) is 6.96. The van der Waals surface area contributed by atoms with Gasteiger partial charge in [-0.2, -0.15) is 0 Å². The molecule has 1 aromatic carbocycles. The maximum absolute atomic E-state index is 10.6. The summed E-state index contributed by atoms with van der Waals surface area (Å²) in [6.07, 6.45) is 1.99. The molecule has 17 heavy (non-hydrogen) atoms. The van der Waals surface area contributed by atoms with Gasteiger partial charge < -0.3 is 4.74 Å². The molecule has 0 aromatic heterocycles. The van der Waals surface area contributed by atoms with Gasteiger partial charge in [0, 0.05) is 22.8 Å². The van der Waals surface area contributed by atoms with Crippen LogP contribution in [0.15, 0.2) is 29.2 Å². The van der Waals surface area contributed by atoms with Gasteiger partial charge in [-0.3, -0.25) is 4.79 Å². The van der Waals surface area contributed by atoms with Crippen LogP contribution in [0.5, 0.6) is 0 Å². The van der Waals surface area contributed by atoms with Crippen molar-refractivity contribution in [3.05, 3.63) is 29.8 Å². The number of carbonyl (C=O) groups is 1. The molecule has 0 aliphatic heterocycles. The first-order chi connectivity index (χ1) is 8.22. The SMILES string of the molecule is CC(C)CCOCCSc1cccc(C=O)c1. The molecule has 0 radical (unpaired) electrons. The van der Waals surface area contributed by atoms with Crippen molar-refractivity contribution < 1.29 is 9.53 Å². The van der Waals surface area contributed by atoms with Gasteiger partial charge in [-0.1, -0.05) is 26.0 Å². The Labute approximate surface area is 108 Å². The van der Waals surface area contributed by atoms with Crippen molar-refractivity contribution in [1.82, 2.24) is 0 Å². The van der Waals surface area contributed by atoms with Gasteiger partial charge in [0.1, 0.15) is 6.29 Å². The van der Waals surface area contributed by atoms with Crippen LogP contribution in [-0.4, -0.2) is 25.3 Å². The first-order valence-electron chi connectivity index (χ1n) is 5.98. The zero-order valence-electron chi connectivity index (χ0n) is 10.5.